The van der Waals surface area contributed by atoms with E-state index >= 15 is 0 Å². The van der Waals surface area contributed by atoms with Gasteiger partial charge in [-0.2, -0.15) is 4.98 Å². The van der Waals surface area contributed by atoms with E-state index in [-0.39, 0.29) is 11.8 Å². The number of carbonyl (C=O) groups is 1. The highest BCUT2D eigenvalue weighted by Gasteiger charge is 2.27. The van der Waals surface area contributed by atoms with Crippen molar-refractivity contribution >= 4 is 34.2 Å². The molecule has 2 heterocycles. The van der Waals surface area contributed by atoms with Gasteiger partial charge in [-0.3, -0.25) is 9.69 Å². The smallest absolute Gasteiger partial charge is 0.241 e. The van der Waals surface area contributed by atoms with E-state index in [1.54, 1.807) is 0 Å². The van der Waals surface area contributed by atoms with Crippen LogP contribution in [0.1, 0.15) is 24.3 Å². The van der Waals surface area contributed by atoms with Crippen molar-refractivity contribution in [2.75, 3.05) is 18.4 Å². The fourth-order valence-electron chi connectivity index (χ4n) is 3.63. The molecule has 0 spiro atoms. The Morgan fingerprint density at radius 3 is 2.90 bits per heavy atom. The van der Waals surface area contributed by atoms with Gasteiger partial charge in [-0.15, -0.1) is 0 Å². The molecular weight excluding hydrogens is 479 g/mol. The van der Waals surface area contributed by atoms with Gasteiger partial charge in [0.2, 0.25) is 17.6 Å². The standard InChI is InChI=1S/C22H23IN4O2/c1-15-12-18(23)9-10-19(15)24-22(28)17-8-5-11-27(13-17)14-20-25-21(26-29-20)16-6-3-2-4-7-16/h2-4,6-7,9-10,12,17H,5,8,11,13-14H2,1H3,(H,24,28). The number of aromatic nitrogens is 2. The van der Waals surface area contributed by atoms with Crippen molar-refractivity contribution in [1.29, 1.82) is 0 Å². The molecule has 0 radical (unpaired) electrons. The second-order valence-electron chi connectivity index (χ2n) is 7.40. The topological polar surface area (TPSA) is 71.3 Å². The number of nitrogens with one attached hydrogen (secondary N) is 1. The summed E-state index contributed by atoms with van der Waals surface area (Å²) < 4.78 is 6.60. The van der Waals surface area contributed by atoms with E-state index < -0.39 is 0 Å². The summed E-state index contributed by atoms with van der Waals surface area (Å²) in [7, 11) is 0. The molecule has 1 amide bonds. The molecule has 3 aromatic rings. The number of rotatable bonds is 5. The molecule has 0 aliphatic carbocycles. The molecule has 0 bridgehead atoms. The molecule has 0 saturated carbocycles. The zero-order valence-electron chi connectivity index (χ0n) is 16.3. The van der Waals surface area contributed by atoms with E-state index in [1.807, 2.05) is 49.4 Å². The number of halogens is 1. The van der Waals surface area contributed by atoms with Crippen LogP contribution >= 0.6 is 22.6 Å². The predicted octanol–water partition coefficient (Wildman–Crippen LogP) is 4.50. The number of carbonyl (C=O) groups excluding carboxylic acids is 1. The summed E-state index contributed by atoms with van der Waals surface area (Å²) >= 11 is 2.28. The van der Waals surface area contributed by atoms with Crippen LogP contribution in [0.15, 0.2) is 53.1 Å². The first-order chi connectivity index (χ1) is 14.1. The Morgan fingerprint density at radius 1 is 1.28 bits per heavy atom. The minimum absolute atomic E-state index is 0.0426. The fraction of sp³-hybridized carbons (Fsp3) is 0.318. The van der Waals surface area contributed by atoms with Crippen molar-refractivity contribution in [3.63, 3.8) is 0 Å². The number of amides is 1. The minimum atomic E-state index is -0.0426. The lowest BCUT2D eigenvalue weighted by Gasteiger charge is -2.31. The molecular formula is C22H23IN4O2. The van der Waals surface area contributed by atoms with Crippen LogP contribution in [0, 0.1) is 16.4 Å². The number of nitrogens with zero attached hydrogens (tertiary/aromatic N) is 3. The van der Waals surface area contributed by atoms with Crippen molar-refractivity contribution in [1.82, 2.24) is 15.0 Å². The quantitative estimate of drug-likeness (QED) is 0.521. The predicted molar refractivity (Wildman–Crippen MR) is 120 cm³/mol. The second-order valence-corrected chi connectivity index (χ2v) is 8.65. The van der Waals surface area contributed by atoms with E-state index in [4.69, 9.17) is 4.52 Å². The monoisotopic (exact) mass is 502 g/mol. The van der Waals surface area contributed by atoms with Crippen LogP contribution < -0.4 is 5.32 Å². The molecule has 29 heavy (non-hydrogen) atoms. The van der Waals surface area contributed by atoms with Crippen LogP contribution in [0.2, 0.25) is 0 Å². The Kier molecular flexibility index (Phi) is 6.25. The SMILES string of the molecule is Cc1cc(I)ccc1NC(=O)C1CCCN(Cc2nc(-c3ccccc3)no2)C1. The summed E-state index contributed by atoms with van der Waals surface area (Å²) in [6.07, 6.45) is 1.87. The maximum absolute atomic E-state index is 12.8. The lowest BCUT2D eigenvalue weighted by Crippen LogP contribution is -2.40. The molecule has 2 aromatic carbocycles. The van der Waals surface area contributed by atoms with E-state index in [2.05, 4.69) is 49.0 Å². The largest absolute Gasteiger partial charge is 0.338 e. The van der Waals surface area contributed by atoms with Crippen LogP contribution in [0.5, 0.6) is 0 Å². The molecule has 1 aromatic heterocycles. The van der Waals surface area contributed by atoms with Crippen molar-refractivity contribution < 1.29 is 9.32 Å². The minimum Gasteiger partial charge on any atom is -0.338 e. The Labute approximate surface area is 183 Å². The zero-order chi connectivity index (χ0) is 20.2. The van der Waals surface area contributed by atoms with Gasteiger partial charge < -0.3 is 9.84 Å². The van der Waals surface area contributed by atoms with E-state index in [9.17, 15) is 4.79 Å². The first-order valence-electron chi connectivity index (χ1n) is 9.76. The summed E-state index contributed by atoms with van der Waals surface area (Å²) in [4.78, 5) is 19.5. The van der Waals surface area contributed by atoms with E-state index in [0.29, 0.717) is 24.8 Å². The molecule has 7 heteroatoms. The molecule has 6 nitrogen and oxygen atoms in total. The van der Waals surface area contributed by atoms with Crippen LogP contribution in [-0.4, -0.2) is 34.0 Å². The van der Waals surface area contributed by atoms with Crippen molar-refractivity contribution in [2.45, 2.75) is 26.3 Å². The maximum atomic E-state index is 12.8. The van der Waals surface area contributed by atoms with Gasteiger partial charge in [0.05, 0.1) is 12.5 Å². The third-order valence-corrected chi connectivity index (χ3v) is 5.85. The number of likely N-dealkylation sites (tertiary alicyclic amines) is 1. The molecule has 1 aliphatic heterocycles. The van der Waals surface area contributed by atoms with Gasteiger partial charge >= 0.3 is 0 Å². The number of anilines is 1. The first-order valence-corrected chi connectivity index (χ1v) is 10.8. The summed E-state index contributed by atoms with van der Waals surface area (Å²) in [5.74, 6) is 1.22. The number of hydrogen-bond donors (Lipinski definition) is 1. The molecule has 1 saturated heterocycles. The van der Waals surface area contributed by atoms with Gasteiger partial charge in [-0.25, -0.2) is 0 Å². The summed E-state index contributed by atoms with van der Waals surface area (Å²) in [5.41, 5.74) is 2.90. The van der Waals surface area contributed by atoms with Crippen molar-refractivity contribution in [3.05, 3.63) is 63.6 Å². The van der Waals surface area contributed by atoms with Gasteiger partial charge in [0.1, 0.15) is 0 Å². The average Bonchev–Trinajstić information content (AvgIpc) is 3.19. The number of aryl methyl sites for hydroxylation is 1. The highest BCUT2D eigenvalue weighted by Crippen LogP contribution is 2.23. The summed E-state index contributed by atoms with van der Waals surface area (Å²) in [5, 5.41) is 7.18. The number of hydrogen-bond acceptors (Lipinski definition) is 5. The van der Waals surface area contributed by atoms with E-state index in [1.165, 1.54) is 0 Å². The molecule has 1 atom stereocenters. The summed E-state index contributed by atoms with van der Waals surface area (Å²) in [6.45, 7) is 4.20. The Balaban J connectivity index is 1.37. The third-order valence-electron chi connectivity index (χ3n) is 5.18. The fourth-order valence-corrected chi connectivity index (χ4v) is 4.28. The van der Waals surface area contributed by atoms with Gasteiger partial charge in [-0.1, -0.05) is 35.5 Å². The lowest BCUT2D eigenvalue weighted by molar-refractivity contribution is -0.121. The second kappa shape index (κ2) is 9.04. The molecule has 1 fully saturated rings. The Morgan fingerprint density at radius 2 is 2.10 bits per heavy atom. The average molecular weight is 502 g/mol. The molecule has 1 aliphatic rings. The number of piperidine rings is 1. The maximum Gasteiger partial charge on any atom is 0.241 e. The Bertz CT molecular complexity index is 989. The summed E-state index contributed by atoms with van der Waals surface area (Å²) in [6, 6.07) is 15.8. The highest BCUT2D eigenvalue weighted by atomic mass is 127. The van der Waals surface area contributed by atoms with Gasteiger partial charge in [0.15, 0.2) is 0 Å². The van der Waals surface area contributed by atoms with Crippen LogP contribution in [0.25, 0.3) is 11.4 Å². The molecule has 150 valence electrons. The highest BCUT2D eigenvalue weighted by molar-refractivity contribution is 14.1. The third kappa shape index (κ3) is 5.02. The first kappa shape index (κ1) is 20.0. The van der Waals surface area contributed by atoms with Crippen molar-refractivity contribution in [3.8, 4) is 11.4 Å². The molecule has 1 N–H and O–H groups in total. The van der Waals surface area contributed by atoms with Crippen LogP contribution in [0.3, 0.4) is 0 Å². The zero-order valence-corrected chi connectivity index (χ0v) is 18.4. The van der Waals surface area contributed by atoms with Gasteiger partial charge in [0, 0.05) is 21.4 Å². The van der Waals surface area contributed by atoms with Gasteiger partial charge in [-0.05, 0) is 72.7 Å². The molecule has 4 rings (SSSR count). The Hall–Kier alpha value is -2.26. The lowest BCUT2D eigenvalue weighted by atomic mass is 9.97. The van der Waals surface area contributed by atoms with E-state index in [0.717, 1.165) is 39.8 Å². The molecule has 1 unspecified atom stereocenters. The van der Waals surface area contributed by atoms with Crippen LogP contribution in [0.4, 0.5) is 5.69 Å². The normalized spacial score (nSPS) is 17.2. The number of benzene rings is 2. The van der Waals surface area contributed by atoms with Crippen LogP contribution in [-0.2, 0) is 11.3 Å². The van der Waals surface area contributed by atoms with Crippen molar-refractivity contribution in [2.24, 2.45) is 5.92 Å². The van der Waals surface area contributed by atoms with Gasteiger partial charge in [0.25, 0.3) is 0 Å².